The summed E-state index contributed by atoms with van der Waals surface area (Å²) in [6, 6.07) is 7.55. The molecule has 7 nitrogen and oxygen atoms in total. The molecule has 0 bridgehead atoms. The zero-order chi connectivity index (χ0) is 16.7. The van der Waals surface area contributed by atoms with Crippen LogP contribution >= 0.6 is 0 Å². The van der Waals surface area contributed by atoms with E-state index in [1.165, 1.54) is 6.26 Å². The van der Waals surface area contributed by atoms with Gasteiger partial charge in [0.2, 0.25) is 0 Å². The molecule has 4 rings (SSSR count). The molecule has 3 aromatic rings. The first-order valence-electron chi connectivity index (χ1n) is 7.82. The van der Waals surface area contributed by atoms with Crippen LogP contribution in [0.15, 0.2) is 41.1 Å². The van der Waals surface area contributed by atoms with E-state index in [4.69, 9.17) is 9.15 Å². The van der Waals surface area contributed by atoms with Gasteiger partial charge in [0, 0.05) is 38.8 Å². The average Bonchev–Trinajstić information content (AvgIpc) is 3.31. The fourth-order valence-corrected chi connectivity index (χ4v) is 3.31. The molecule has 0 unspecified atom stereocenters. The van der Waals surface area contributed by atoms with Crippen LogP contribution in [0.4, 0.5) is 0 Å². The summed E-state index contributed by atoms with van der Waals surface area (Å²) in [5.74, 6) is -0.0285. The molecule has 124 valence electrons. The Bertz CT molecular complexity index is 885. The molecule has 0 aliphatic carbocycles. The minimum atomic E-state index is -0.0937. The molecular formula is C17H18N4O3. The zero-order valence-electron chi connectivity index (χ0n) is 13.5. The van der Waals surface area contributed by atoms with E-state index in [1.807, 2.05) is 37.5 Å². The maximum absolute atomic E-state index is 12.9. The van der Waals surface area contributed by atoms with Gasteiger partial charge < -0.3 is 14.1 Å². The van der Waals surface area contributed by atoms with Crippen molar-refractivity contribution in [1.29, 1.82) is 0 Å². The predicted octanol–water partition coefficient (Wildman–Crippen LogP) is 1.82. The van der Waals surface area contributed by atoms with Crippen LogP contribution in [0.1, 0.15) is 22.0 Å². The normalized spacial score (nSPS) is 20.8. The second kappa shape index (κ2) is 5.76. The number of likely N-dealkylation sites (tertiary alicyclic amines) is 1. The molecule has 1 aliphatic heterocycles. The van der Waals surface area contributed by atoms with E-state index < -0.39 is 0 Å². The molecule has 1 aromatic carbocycles. The Balaban J connectivity index is 1.61. The molecule has 2 atom stereocenters. The van der Waals surface area contributed by atoms with Crippen molar-refractivity contribution in [2.24, 2.45) is 7.05 Å². The molecule has 1 fully saturated rings. The summed E-state index contributed by atoms with van der Waals surface area (Å²) in [6.45, 7) is 1.08. The molecule has 1 saturated heterocycles. The van der Waals surface area contributed by atoms with Crippen molar-refractivity contribution in [3.05, 3.63) is 48.0 Å². The van der Waals surface area contributed by atoms with E-state index in [0.717, 1.165) is 11.1 Å². The summed E-state index contributed by atoms with van der Waals surface area (Å²) in [6.07, 6.45) is 3.31. The number of amides is 1. The smallest absolute Gasteiger partial charge is 0.257 e. The number of nitrogens with zero attached hydrogens (tertiary/aromatic N) is 4. The number of benzene rings is 1. The molecule has 24 heavy (non-hydrogen) atoms. The number of methoxy groups -OCH3 is 1. The van der Waals surface area contributed by atoms with Crippen molar-refractivity contribution >= 4 is 16.9 Å². The molecule has 3 heterocycles. The Labute approximate surface area is 138 Å². The predicted molar refractivity (Wildman–Crippen MR) is 86.7 cm³/mol. The Morgan fingerprint density at radius 1 is 1.33 bits per heavy atom. The summed E-state index contributed by atoms with van der Waals surface area (Å²) >= 11 is 0. The number of para-hydroxylation sites is 1. The van der Waals surface area contributed by atoms with Crippen LogP contribution < -0.4 is 0 Å². The number of hydrogen-bond acceptors (Lipinski definition) is 5. The second-order valence-electron chi connectivity index (χ2n) is 6.05. The van der Waals surface area contributed by atoms with Gasteiger partial charge in [-0.1, -0.05) is 23.4 Å². The lowest BCUT2D eigenvalue weighted by molar-refractivity contribution is 0.0715. The van der Waals surface area contributed by atoms with Crippen LogP contribution in [0.3, 0.4) is 0 Å². The molecule has 1 aliphatic rings. The monoisotopic (exact) mass is 326 g/mol. The maximum atomic E-state index is 12.9. The fourth-order valence-electron chi connectivity index (χ4n) is 3.31. The zero-order valence-corrected chi connectivity index (χ0v) is 13.5. The fraction of sp³-hybridized carbons (Fsp3) is 0.353. The summed E-state index contributed by atoms with van der Waals surface area (Å²) in [5, 5.41) is 9.00. The van der Waals surface area contributed by atoms with Crippen LogP contribution in [0.2, 0.25) is 0 Å². The first kappa shape index (κ1) is 14.9. The van der Waals surface area contributed by atoms with Crippen molar-refractivity contribution in [2.45, 2.75) is 12.0 Å². The van der Waals surface area contributed by atoms with Crippen LogP contribution in [0, 0.1) is 0 Å². The standard InChI is InChI=1S/C17H18N4O3/c1-20-8-14(18-19-20)12-7-21(9-16(12)23-2)17(22)13-10-24-15-6-4-3-5-11(13)15/h3-6,8,10,12,16H,7,9H2,1-2H3/t12-,16+/m0/s1. The van der Waals surface area contributed by atoms with Gasteiger partial charge in [-0.3, -0.25) is 9.48 Å². The maximum Gasteiger partial charge on any atom is 0.257 e. The van der Waals surface area contributed by atoms with Crippen molar-refractivity contribution in [2.75, 3.05) is 20.2 Å². The van der Waals surface area contributed by atoms with Gasteiger partial charge in [0.05, 0.1) is 23.3 Å². The molecule has 1 amide bonds. The van der Waals surface area contributed by atoms with Crippen molar-refractivity contribution < 1.29 is 13.9 Å². The van der Waals surface area contributed by atoms with Crippen molar-refractivity contribution in [1.82, 2.24) is 19.9 Å². The van der Waals surface area contributed by atoms with Gasteiger partial charge in [-0.2, -0.15) is 0 Å². The summed E-state index contributed by atoms with van der Waals surface area (Å²) in [4.78, 5) is 14.7. The SMILES string of the molecule is CO[C@@H]1CN(C(=O)c2coc3ccccc23)C[C@H]1c1cn(C)nn1. The third-order valence-electron chi connectivity index (χ3n) is 4.57. The molecular weight excluding hydrogens is 308 g/mol. The van der Waals surface area contributed by atoms with Gasteiger partial charge in [0.15, 0.2) is 0 Å². The van der Waals surface area contributed by atoms with Crippen molar-refractivity contribution in [3.8, 4) is 0 Å². The van der Waals surface area contributed by atoms with Gasteiger partial charge in [0.25, 0.3) is 5.91 Å². The van der Waals surface area contributed by atoms with E-state index in [0.29, 0.717) is 24.2 Å². The highest BCUT2D eigenvalue weighted by Crippen LogP contribution is 2.30. The van der Waals surface area contributed by atoms with Crippen LogP contribution in [0.25, 0.3) is 11.0 Å². The van der Waals surface area contributed by atoms with Gasteiger partial charge in [0.1, 0.15) is 11.8 Å². The number of aryl methyl sites for hydroxylation is 1. The number of hydrogen-bond donors (Lipinski definition) is 0. The van der Waals surface area contributed by atoms with Crippen LogP contribution in [-0.4, -0.2) is 52.1 Å². The van der Waals surface area contributed by atoms with Crippen molar-refractivity contribution in [3.63, 3.8) is 0 Å². The highest BCUT2D eigenvalue weighted by molar-refractivity contribution is 6.06. The molecule has 7 heteroatoms. The second-order valence-corrected chi connectivity index (χ2v) is 6.05. The number of carbonyl (C=O) groups excluding carboxylic acids is 1. The Kier molecular flexibility index (Phi) is 3.57. The van der Waals surface area contributed by atoms with Crippen LogP contribution in [0.5, 0.6) is 0 Å². The quantitative estimate of drug-likeness (QED) is 0.734. The van der Waals surface area contributed by atoms with Gasteiger partial charge in [-0.05, 0) is 6.07 Å². The minimum absolute atomic E-state index is 0.0193. The highest BCUT2D eigenvalue weighted by atomic mass is 16.5. The Morgan fingerprint density at radius 3 is 2.92 bits per heavy atom. The number of furan rings is 1. The molecule has 0 saturated carbocycles. The number of aromatic nitrogens is 3. The topological polar surface area (TPSA) is 73.4 Å². The van der Waals surface area contributed by atoms with E-state index >= 15 is 0 Å². The summed E-state index contributed by atoms with van der Waals surface area (Å²) in [7, 11) is 3.49. The first-order valence-corrected chi connectivity index (χ1v) is 7.82. The summed E-state index contributed by atoms with van der Waals surface area (Å²) in [5.41, 5.74) is 2.14. The molecule has 0 N–H and O–H groups in total. The highest BCUT2D eigenvalue weighted by Gasteiger charge is 2.38. The van der Waals surface area contributed by atoms with Gasteiger partial charge >= 0.3 is 0 Å². The molecule has 0 radical (unpaired) electrons. The summed E-state index contributed by atoms with van der Waals surface area (Å²) < 4.78 is 12.7. The minimum Gasteiger partial charge on any atom is -0.463 e. The number of rotatable bonds is 3. The van der Waals surface area contributed by atoms with E-state index in [2.05, 4.69) is 10.3 Å². The average molecular weight is 326 g/mol. The van der Waals surface area contributed by atoms with E-state index in [-0.39, 0.29) is 17.9 Å². The Morgan fingerprint density at radius 2 is 2.17 bits per heavy atom. The lowest BCUT2D eigenvalue weighted by Crippen LogP contribution is -2.29. The number of carbonyl (C=O) groups is 1. The third kappa shape index (κ3) is 2.37. The van der Waals surface area contributed by atoms with E-state index in [9.17, 15) is 4.79 Å². The number of ether oxygens (including phenoxy) is 1. The van der Waals surface area contributed by atoms with Gasteiger partial charge in [-0.15, -0.1) is 5.10 Å². The number of fused-ring (bicyclic) bond motifs is 1. The van der Waals surface area contributed by atoms with Crippen LogP contribution in [-0.2, 0) is 11.8 Å². The largest absolute Gasteiger partial charge is 0.463 e. The van der Waals surface area contributed by atoms with E-state index in [1.54, 1.807) is 16.7 Å². The molecule has 0 spiro atoms. The lowest BCUT2D eigenvalue weighted by Gasteiger charge is -2.14. The first-order chi connectivity index (χ1) is 11.7. The van der Waals surface area contributed by atoms with Gasteiger partial charge in [-0.25, -0.2) is 0 Å². The lowest BCUT2D eigenvalue weighted by atomic mass is 10.0. The third-order valence-corrected chi connectivity index (χ3v) is 4.57. The molecule has 2 aromatic heterocycles. The Hall–Kier alpha value is -2.67.